The van der Waals surface area contributed by atoms with Crippen molar-refractivity contribution in [3.8, 4) is 0 Å². The van der Waals surface area contributed by atoms with Crippen molar-refractivity contribution in [2.24, 2.45) is 17.6 Å². The first-order valence-electron chi connectivity index (χ1n) is 5.65. The van der Waals surface area contributed by atoms with Crippen molar-refractivity contribution in [2.45, 2.75) is 33.1 Å². The fourth-order valence-corrected chi connectivity index (χ4v) is 2.21. The highest BCUT2D eigenvalue weighted by molar-refractivity contribution is 7.80. The van der Waals surface area contributed by atoms with Crippen LogP contribution in [0.3, 0.4) is 0 Å². The Hall–Kier alpha value is -0.150. The molecule has 1 saturated heterocycles. The molecule has 1 rings (SSSR count). The molecule has 2 nitrogen and oxygen atoms in total. The van der Waals surface area contributed by atoms with Crippen molar-refractivity contribution < 1.29 is 0 Å². The summed E-state index contributed by atoms with van der Waals surface area (Å²) in [6.07, 6.45) is 3.59. The standard InChI is InChI=1S/C11H22N2S/c1-3-9(2)8-13-6-4-10(5-7-13)11(12)14/h9-10H,3-8H2,1-2H3,(H2,12,14). The number of hydrogen-bond donors (Lipinski definition) is 1. The average molecular weight is 214 g/mol. The summed E-state index contributed by atoms with van der Waals surface area (Å²) in [4.78, 5) is 3.26. The molecular weight excluding hydrogens is 192 g/mol. The Bertz CT molecular complexity index is 186. The predicted octanol–water partition coefficient (Wildman–Crippen LogP) is 2.03. The maximum atomic E-state index is 5.65. The molecule has 0 spiro atoms. The van der Waals surface area contributed by atoms with Crippen molar-refractivity contribution >= 4 is 17.2 Å². The van der Waals surface area contributed by atoms with Gasteiger partial charge < -0.3 is 10.6 Å². The van der Waals surface area contributed by atoms with Crippen molar-refractivity contribution in [1.29, 1.82) is 0 Å². The molecule has 0 amide bonds. The molecule has 0 aromatic heterocycles. The van der Waals surface area contributed by atoms with Crippen LogP contribution in [0.1, 0.15) is 33.1 Å². The molecule has 2 N–H and O–H groups in total. The molecule has 1 fully saturated rings. The Balaban J connectivity index is 2.25. The zero-order valence-corrected chi connectivity index (χ0v) is 10.1. The van der Waals surface area contributed by atoms with Crippen LogP contribution < -0.4 is 5.73 Å². The van der Waals surface area contributed by atoms with E-state index in [1.165, 1.54) is 26.1 Å². The van der Waals surface area contributed by atoms with Gasteiger partial charge in [0.05, 0.1) is 4.99 Å². The minimum absolute atomic E-state index is 0.498. The van der Waals surface area contributed by atoms with E-state index in [4.69, 9.17) is 18.0 Å². The van der Waals surface area contributed by atoms with Crippen LogP contribution in [-0.4, -0.2) is 29.5 Å². The first-order valence-corrected chi connectivity index (χ1v) is 6.06. The van der Waals surface area contributed by atoms with Gasteiger partial charge in [-0.3, -0.25) is 0 Å². The summed E-state index contributed by atoms with van der Waals surface area (Å²) in [6.45, 7) is 8.16. The second kappa shape index (κ2) is 5.66. The van der Waals surface area contributed by atoms with Crippen molar-refractivity contribution in [3.05, 3.63) is 0 Å². The van der Waals surface area contributed by atoms with Gasteiger partial charge >= 0.3 is 0 Å². The first-order chi connectivity index (χ1) is 6.63. The lowest BCUT2D eigenvalue weighted by atomic mass is 9.96. The third kappa shape index (κ3) is 3.54. The van der Waals surface area contributed by atoms with Gasteiger partial charge in [0.2, 0.25) is 0 Å². The average Bonchev–Trinajstić information content (AvgIpc) is 2.18. The van der Waals surface area contributed by atoms with Gasteiger partial charge in [0.1, 0.15) is 0 Å². The molecule has 3 heteroatoms. The largest absolute Gasteiger partial charge is 0.393 e. The van der Waals surface area contributed by atoms with Gasteiger partial charge in [0.25, 0.3) is 0 Å². The van der Waals surface area contributed by atoms with Gasteiger partial charge in [-0.25, -0.2) is 0 Å². The van der Waals surface area contributed by atoms with Crippen LogP contribution in [0.25, 0.3) is 0 Å². The third-order valence-corrected chi connectivity index (χ3v) is 3.59. The maximum Gasteiger partial charge on any atom is 0.0759 e. The lowest BCUT2D eigenvalue weighted by molar-refractivity contribution is 0.183. The Morgan fingerprint density at radius 3 is 2.50 bits per heavy atom. The summed E-state index contributed by atoms with van der Waals surface area (Å²) in [5, 5.41) is 0. The second-order valence-electron chi connectivity index (χ2n) is 4.49. The SMILES string of the molecule is CCC(C)CN1CCC(C(N)=S)CC1. The number of hydrogen-bond acceptors (Lipinski definition) is 2. The minimum Gasteiger partial charge on any atom is -0.393 e. The number of rotatable bonds is 4. The topological polar surface area (TPSA) is 29.3 Å². The molecule has 1 aliphatic heterocycles. The van der Waals surface area contributed by atoms with Gasteiger partial charge in [-0.15, -0.1) is 0 Å². The van der Waals surface area contributed by atoms with Gasteiger partial charge in [0.15, 0.2) is 0 Å². The van der Waals surface area contributed by atoms with E-state index in [2.05, 4.69) is 18.7 Å². The third-order valence-electron chi connectivity index (χ3n) is 3.26. The molecule has 0 saturated carbocycles. The van der Waals surface area contributed by atoms with Crippen LogP contribution in [0, 0.1) is 11.8 Å². The van der Waals surface area contributed by atoms with Gasteiger partial charge in [-0.05, 0) is 31.8 Å². The van der Waals surface area contributed by atoms with E-state index in [0.717, 1.165) is 18.8 Å². The monoisotopic (exact) mass is 214 g/mol. The van der Waals surface area contributed by atoms with E-state index in [1.807, 2.05) is 0 Å². The Morgan fingerprint density at radius 2 is 2.07 bits per heavy atom. The Kier molecular flexibility index (Phi) is 4.82. The summed E-state index contributed by atoms with van der Waals surface area (Å²) in [5.41, 5.74) is 5.65. The Labute approximate surface area is 92.8 Å². The van der Waals surface area contributed by atoms with E-state index >= 15 is 0 Å². The van der Waals surface area contributed by atoms with Crippen molar-refractivity contribution in [2.75, 3.05) is 19.6 Å². The summed E-state index contributed by atoms with van der Waals surface area (Å²) in [6, 6.07) is 0. The van der Waals surface area contributed by atoms with Gasteiger partial charge in [-0.1, -0.05) is 32.5 Å². The molecular formula is C11H22N2S. The van der Waals surface area contributed by atoms with E-state index in [-0.39, 0.29) is 0 Å². The highest BCUT2D eigenvalue weighted by Gasteiger charge is 2.21. The molecule has 0 radical (unpaired) electrons. The number of piperidine rings is 1. The van der Waals surface area contributed by atoms with Crippen LogP contribution in [0.15, 0.2) is 0 Å². The van der Waals surface area contributed by atoms with Crippen LogP contribution in [0.2, 0.25) is 0 Å². The molecule has 1 unspecified atom stereocenters. The number of thiocarbonyl (C=S) groups is 1. The fraction of sp³-hybridized carbons (Fsp3) is 0.909. The fourth-order valence-electron chi connectivity index (χ4n) is 1.97. The maximum absolute atomic E-state index is 5.65. The molecule has 1 aliphatic rings. The molecule has 82 valence electrons. The molecule has 0 aliphatic carbocycles. The quantitative estimate of drug-likeness (QED) is 0.726. The minimum atomic E-state index is 0.498. The zero-order chi connectivity index (χ0) is 10.6. The summed E-state index contributed by atoms with van der Waals surface area (Å²) in [7, 11) is 0. The second-order valence-corrected chi connectivity index (χ2v) is 4.96. The smallest absolute Gasteiger partial charge is 0.0759 e. The van der Waals surface area contributed by atoms with Crippen LogP contribution in [0.5, 0.6) is 0 Å². The highest BCUT2D eigenvalue weighted by Crippen LogP contribution is 2.18. The van der Waals surface area contributed by atoms with Gasteiger partial charge in [-0.2, -0.15) is 0 Å². The van der Waals surface area contributed by atoms with E-state index in [1.54, 1.807) is 0 Å². The van der Waals surface area contributed by atoms with E-state index in [0.29, 0.717) is 10.9 Å². The molecule has 0 aromatic carbocycles. The molecule has 14 heavy (non-hydrogen) atoms. The lowest BCUT2D eigenvalue weighted by Crippen LogP contribution is -2.39. The zero-order valence-electron chi connectivity index (χ0n) is 9.33. The number of likely N-dealkylation sites (tertiary alicyclic amines) is 1. The number of nitrogens with zero attached hydrogens (tertiary/aromatic N) is 1. The summed E-state index contributed by atoms with van der Waals surface area (Å²) >= 11 is 5.02. The predicted molar refractivity (Wildman–Crippen MR) is 65.4 cm³/mol. The highest BCUT2D eigenvalue weighted by atomic mass is 32.1. The Morgan fingerprint density at radius 1 is 1.50 bits per heavy atom. The van der Waals surface area contributed by atoms with Crippen LogP contribution >= 0.6 is 12.2 Å². The van der Waals surface area contributed by atoms with Crippen molar-refractivity contribution in [3.63, 3.8) is 0 Å². The van der Waals surface area contributed by atoms with Crippen LogP contribution in [-0.2, 0) is 0 Å². The van der Waals surface area contributed by atoms with Gasteiger partial charge in [0, 0.05) is 12.5 Å². The molecule has 0 bridgehead atoms. The normalized spacial score (nSPS) is 22.1. The van der Waals surface area contributed by atoms with E-state index < -0.39 is 0 Å². The first kappa shape index (κ1) is 11.9. The lowest BCUT2D eigenvalue weighted by Gasteiger charge is -2.32. The molecule has 1 heterocycles. The molecule has 0 aromatic rings. The van der Waals surface area contributed by atoms with E-state index in [9.17, 15) is 0 Å². The summed E-state index contributed by atoms with van der Waals surface area (Å²) < 4.78 is 0. The number of nitrogens with two attached hydrogens (primary N) is 1. The van der Waals surface area contributed by atoms with Crippen molar-refractivity contribution in [1.82, 2.24) is 4.90 Å². The molecule has 1 atom stereocenters. The summed E-state index contributed by atoms with van der Waals surface area (Å²) in [5.74, 6) is 1.31. The van der Waals surface area contributed by atoms with Crippen LogP contribution in [0.4, 0.5) is 0 Å².